The van der Waals surface area contributed by atoms with Gasteiger partial charge in [-0.25, -0.2) is 0 Å². The van der Waals surface area contributed by atoms with Crippen LogP contribution in [0.4, 0.5) is 0 Å². The summed E-state index contributed by atoms with van der Waals surface area (Å²) in [5.74, 6) is -2.60. The molecule has 0 radical (unpaired) electrons. The van der Waals surface area contributed by atoms with Gasteiger partial charge in [0.05, 0.1) is 45.7 Å². The van der Waals surface area contributed by atoms with Crippen LogP contribution < -0.4 is 0 Å². The Kier molecular flexibility index (Phi) is 11.7. The first-order chi connectivity index (χ1) is 23.4. The molecule has 0 unspecified atom stereocenters. The summed E-state index contributed by atoms with van der Waals surface area (Å²) in [5, 5.41) is 12.6. The molecule has 2 aliphatic heterocycles. The monoisotopic (exact) mass is 654 g/mol. The molecule has 0 aliphatic carbocycles. The highest BCUT2D eigenvalue weighted by atomic mass is 16.7. The third-order valence-electron chi connectivity index (χ3n) is 8.61. The van der Waals surface area contributed by atoms with Crippen LogP contribution in [0, 0.1) is 0 Å². The van der Waals surface area contributed by atoms with Crippen molar-refractivity contribution in [3.05, 3.63) is 144 Å². The lowest BCUT2D eigenvalue weighted by atomic mass is 9.88. The summed E-state index contributed by atoms with van der Waals surface area (Å²) in [7, 11) is 0. The van der Waals surface area contributed by atoms with Crippen LogP contribution in [0.5, 0.6) is 0 Å². The maximum absolute atomic E-state index is 12.6. The largest absolute Gasteiger partial charge is 0.374 e. The van der Waals surface area contributed by atoms with Crippen molar-refractivity contribution in [2.75, 3.05) is 13.2 Å². The van der Waals surface area contributed by atoms with E-state index in [1.807, 2.05) is 135 Å². The zero-order chi connectivity index (χ0) is 33.2. The van der Waals surface area contributed by atoms with E-state index in [0.717, 1.165) is 22.3 Å². The molecule has 6 rings (SSSR count). The van der Waals surface area contributed by atoms with Crippen LogP contribution in [-0.2, 0) is 59.6 Å². The van der Waals surface area contributed by atoms with Gasteiger partial charge in [0.1, 0.15) is 24.4 Å². The molecule has 8 nitrogen and oxygen atoms in total. The van der Waals surface area contributed by atoms with E-state index in [4.69, 9.17) is 33.2 Å². The van der Waals surface area contributed by atoms with Crippen molar-refractivity contribution >= 4 is 0 Å². The molecule has 2 fully saturated rings. The molecule has 1 N–H and O–H groups in total. The first-order valence-electron chi connectivity index (χ1n) is 16.7. The van der Waals surface area contributed by atoms with Crippen molar-refractivity contribution in [1.82, 2.24) is 0 Å². The van der Waals surface area contributed by atoms with Gasteiger partial charge in [-0.2, -0.15) is 0 Å². The smallest absolute Gasteiger partial charge is 0.198 e. The molecule has 8 heteroatoms. The van der Waals surface area contributed by atoms with Crippen LogP contribution in [0.2, 0.25) is 0 Å². The second-order valence-corrected chi connectivity index (χ2v) is 12.9. The zero-order valence-corrected chi connectivity index (χ0v) is 27.7. The predicted octanol–water partition coefficient (Wildman–Crippen LogP) is 6.59. The van der Waals surface area contributed by atoms with E-state index < -0.39 is 42.1 Å². The van der Waals surface area contributed by atoms with E-state index in [-0.39, 0.29) is 26.2 Å². The van der Waals surface area contributed by atoms with Crippen molar-refractivity contribution in [3.63, 3.8) is 0 Å². The van der Waals surface area contributed by atoms with Gasteiger partial charge in [0.2, 0.25) is 0 Å². The molecule has 6 atom stereocenters. The van der Waals surface area contributed by atoms with Gasteiger partial charge in [0, 0.05) is 6.42 Å². The highest BCUT2D eigenvalue weighted by Gasteiger charge is 2.57. The Morgan fingerprint density at radius 2 is 1.06 bits per heavy atom. The van der Waals surface area contributed by atoms with E-state index in [2.05, 4.69) is 0 Å². The minimum Gasteiger partial charge on any atom is -0.374 e. The van der Waals surface area contributed by atoms with Gasteiger partial charge in [-0.05, 0) is 36.1 Å². The number of ether oxygens (including phenoxy) is 7. The quantitative estimate of drug-likeness (QED) is 0.154. The molecule has 2 heterocycles. The highest BCUT2D eigenvalue weighted by molar-refractivity contribution is 5.17. The summed E-state index contributed by atoms with van der Waals surface area (Å²) in [6.45, 7) is 5.39. The average Bonchev–Trinajstić information content (AvgIpc) is 3.45. The van der Waals surface area contributed by atoms with E-state index in [1.54, 1.807) is 0 Å². The lowest BCUT2D eigenvalue weighted by Crippen LogP contribution is -2.68. The Morgan fingerprint density at radius 1 is 0.604 bits per heavy atom. The molecule has 0 amide bonds. The number of aliphatic hydroxyl groups is 1. The van der Waals surface area contributed by atoms with Crippen molar-refractivity contribution in [3.8, 4) is 0 Å². The van der Waals surface area contributed by atoms with E-state index >= 15 is 0 Å². The number of hydrogen-bond acceptors (Lipinski definition) is 8. The Hall–Kier alpha value is -3.44. The SMILES string of the molecule is CC1(C)OC[C@H](C[C@]2(O)O[C@H](COCc3ccccc3)[C@@H](OCc3ccccc3)[C@H](OCc3ccccc3)[C@H]2OCc2ccccc2)O1. The van der Waals surface area contributed by atoms with Crippen LogP contribution in [-0.4, -0.2) is 60.4 Å². The zero-order valence-electron chi connectivity index (χ0n) is 27.7. The van der Waals surface area contributed by atoms with Crippen molar-refractivity contribution in [1.29, 1.82) is 0 Å². The molecule has 254 valence electrons. The van der Waals surface area contributed by atoms with Gasteiger partial charge >= 0.3 is 0 Å². The van der Waals surface area contributed by atoms with Crippen LogP contribution in [0.1, 0.15) is 42.5 Å². The fourth-order valence-electron chi connectivity index (χ4n) is 6.29. The Labute approximate surface area is 283 Å². The van der Waals surface area contributed by atoms with Crippen LogP contribution in [0.25, 0.3) is 0 Å². The maximum Gasteiger partial charge on any atom is 0.198 e. The summed E-state index contributed by atoms with van der Waals surface area (Å²) < 4.78 is 45.1. The van der Waals surface area contributed by atoms with Crippen molar-refractivity contribution in [2.24, 2.45) is 0 Å². The summed E-state index contributed by atoms with van der Waals surface area (Å²) in [4.78, 5) is 0. The van der Waals surface area contributed by atoms with Crippen molar-refractivity contribution < 1.29 is 38.3 Å². The highest BCUT2D eigenvalue weighted by Crippen LogP contribution is 2.40. The molecule has 48 heavy (non-hydrogen) atoms. The lowest BCUT2D eigenvalue weighted by molar-refractivity contribution is -0.376. The summed E-state index contributed by atoms with van der Waals surface area (Å²) in [6.07, 6.45) is -3.37. The predicted molar refractivity (Wildman–Crippen MR) is 180 cm³/mol. The molecule has 0 aromatic heterocycles. The molecule has 2 aliphatic rings. The number of hydrogen-bond donors (Lipinski definition) is 1. The summed E-state index contributed by atoms with van der Waals surface area (Å²) in [5.41, 5.74) is 3.98. The van der Waals surface area contributed by atoms with Gasteiger partial charge in [0.25, 0.3) is 0 Å². The first kappa shape index (κ1) is 34.4. The van der Waals surface area contributed by atoms with E-state index in [1.165, 1.54) is 0 Å². The van der Waals surface area contributed by atoms with E-state index in [9.17, 15) is 5.11 Å². The molecule has 4 aromatic carbocycles. The van der Waals surface area contributed by atoms with Gasteiger partial charge in [-0.15, -0.1) is 0 Å². The van der Waals surface area contributed by atoms with Gasteiger partial charge in [0.15, 0.2) is 11.6 Å². The third-order valence-corrected chi connectivity index (χ3v) is 8.61. The minimum absolute atomic E-state index is 0.0989. The van der Waals surface area contributed by atoms with E-state index in [0.29, 0.717) is 19.8 Å². The molecular weight excluding hydrogens is 608 g/mol. The second-order valence-electron chi connectivity index (χ2n) is 12.9. The molecular formula is C40H46O8. The van der Waals surface area contributed by atoms with Crippen LogP contribution in [0.3, 0.4) is 0 Å². The normalized spacial score (nSPS) is 26.8. The summed E-state index contributed by atoms with van der Waals surface area (Å²) >= 11 is 0. The van der Waals surface area contributed by atoms with Gasteiger partial charge in [-0.1, -0.05) is 121 Å². The molecule has 2 saturated heterocycles. The number of rotatable bonds is 15. The summed E-state index contributed by atoms with van der Waals surface area (Å²) in [6, 6.07) is 39.7. The lowest BCUT2D eigenvalue weighted by Gasteiger charge is -2.50. The average molecular weight is 655 g/mol. The molecule has 4 aromatic rings. The fraction of sp³-hybridized carbons (Fsp3) is 0.400. The Bertz CT molecular complexity index is 1500. The Morgan fingerprint density at radius 3 is 1.54 bits per heavy atom. The third kappa shape index (κ3) is 9.37. The Balaban J connectivity index is 1.33. The number of benzene rings is 4. The molecule has 0 spiro atoms. The second kappa shape index (κ2) is 16.3. The van der Waals surface area contributed by atoms with Gasteiger partial charge < -0.3 is 38.3 Å². The molecule has 0 saturated carbocycles. The minimum atomic E-state index is -1.82. The molecule has 0 bridgehead atoms. The topological polar surface area (TPSA) is 84.8 Å². The fourth-order valence-corrected chi connectivity index (χ4v) is 6.29. The standard InChI is InChI=1S/C40H46O8/c1-39(2)46-28-34(47-39)23-40(41)38(45-27-33-21-13-6-14-22-33)37(44-26-32-19-11-5-12-20-32)36(43-25-31-17-9-4-10-18-31)35(48-40)29-42-24-30-15-7-3-8-16-30/h3-22,34-38,41H,23-29H2,1-2H3/t34-,35+,36+,37-,38+,40-/m0/s1. The van der Waals surface area contributed by atoms with Crippen LogP contribution >= 0.6 is 0 Å². The van der Waals surface area contributed by atoms with Gasteiger partial charge in [-0.3, -0.25) is 0 Å². The van der Waals surface area contributed by atoms with Crippen molar-refractivity contribution in [2.45, 2.75) is 88.8 Å². The maximum atomic E-state index is 12.6. The van der Waals surface area contributed by atoms with Crippen LogP contribution in [0.15, 0.2) is 121 Å². The first-order valence-corrected chi connectivity index (χ1v) is 16.7.